The summed E-state index contributed by atoms with van der Waals surface area (Å²) in [5, 5.41) is 3.71. The first kappa shape index (κ1) is 28.4. The number of aromatic nitrogens is 2. The number of rotatable bonds is 3. The Hall–Kier alpha value is -5.48. The molecule has 0 saturated carbocycles. The highest BCUT2D eigenvalue weighted by atomic mass is 15.3. The van der Waals surface area contributed by atoms with Crippen LogP contribution in [0.15, 0.2) is 144 Å². The van der Waals surface area contributed by atoms with Gasteiger partial charge in [0.1, 0.15) is 11.5 Å². The minimum atomic E-state index is 0.169. The molecular formula is C46H38N4. The third kappa shape index (κ3) is 4.11. The van der Waals surface area contributed by atoms with Crippen molar-refractivity contribution in [2.45, 2.75) is 57.0 Å². The van der Waals surface area contributed by atoms with Gasteiger partial charge in [0.05, 0.1) is 29.0 Å². The van der Waals surface area contributed by atoms with Crippen molar-refractivity contribution >= 4 is 44.3 Å². The fourth-order valence-corrected chi connectivity index (χ4v) is 9.43. The molecule has 0 saturated heterocycles. The highest BCUT2D eigenvalue weighted by Gasteiger charge is 2.38. The molecular weight excluding hydrogens is 609 g/mol. The molecule has 0 spiro atoms. The van der Waals surface area contributed by atoms with E-state index in [0.717, 1.165) is 49.3 Å². The van der Waals surface area contributed by atoms with Gasteiger partial charge in [-0.2, -0.15) is 0 Å². The van der Waals surface area contributed by atoms with E-state index in [-0.39, 0.29) is 12.1 Å². The minimum absolute atomic E-state index is 0.169. The van der Waals surface area contributed by atoms with Crippen molar-refractivity contribution in [2.75, 3.05) is 0 Å². The van der Waals surface area contributed by atoms with Gasteiger partial charge in [-0.25, -0.2) is 4.98 Å². The Kier molecular flexibility index (Phi) is 6.25. The van der Waals surface area contributed by atoms with Gasteiger partial charge in [-0.3, -0.25) is 9.39 Å². The molecule has 5 aliphatic carbocycles. The number of pyridine rings is 1. The van der Waals surface area contributed by atoms with E-state index in [1.54, 1.807) is 0 Å². The highest BCUT2D eigenvalue weighted by molar-refractivity contribution is 6.14. The van der Waals surface area contributed by atoms with Crippen LogP contribution in [0, 0.1) is 5.92 Å². The maximum Gasteiger partial charge on any atom is 0.146 e. The lowest BCUT2D eigenvalue weighted by Gasteiger charge is -2.33. The summed E-state index contributed by atoms with van der Waals surface area (Å²) in [5.74, 6) is 1.49. The van der Waals surface area contributed by atoms with Crippen molar-refractivity contribution in [2.24, 2.45) is 10.9 Å². The molecule has 0 radical (unpaired) electrons. The third-order valence-electron chi connectivity index (χ3n) is 11.8. The summed E-state index contributed by atoms with van der Waals surface area (Å²) >= 11 is 0. The fourth-order valence-electron chi connectivity index (χ4n) is 9.43. The largest absolute Gasteiger partial charge is 0.321 e. The number of imidazole rings is 1. The summed E-state index contributed by atoms with van der Waals surface area (Å²) in [6.45, 7) is 0. The van der Waals surface area contributed by atoms with Crippen LogP contribution in [0.5, 0.6) is 0 Å². The van der Waals surface area contributed by atoms with Crippen molar-refractivity contribution < 1.29 is 0 Å². The van der Waals surface area contributed by atoms with E-state index in [4.69, 9.17) is 9.98 Å². The molecule has 1 aliphatic heterocycles. The van der Waals surface area contributed by atoms with Gasteiger partial charge >= 0.3 is 0 Å². The number of benzene rings is 3. The minimum Gasteiger partial charge on any atom is -0.321 e. The van der Waals surface area contributed by atoms with E-state index in [1.807, 2.05) is 0 Å². The molecule has 0 bridgehead atoms. The summed E-state index contributed by atoms with van der Waals surface area (Å²) < 4.78 is 2.47. The van der Waals surface area contributed by atoms with E-state index >= 15 is 0 Å². The first-order valence-corrected chi connectivity index (χ1v) is 18.5. The summed E-state index contributed by atoms with van der Waals surface area (Å²) in [7, 11) is 0. The first-order chi connectivity index (χ1) is 24.8. The molecule has 3 heterocycles. The molecule has 11 rings (SSSR count). The Morgan fingerprint density at radius 2 is 1.56 bits per heavy atom. The van der Waals surface area contributed by atoms with Gasteiger partial charge in [0.2, 0.25) is 0 Å². The summed E-state index contributed by atoms with van der Waals surface area (Å²) in [5.41, 5.74) is 13.9. The van der Waals surface area contributed by atoms with Crippen LogP contribution >= 0.6 is 0 Å². The Morgan fingerprint density at radius 1 is 0.700 bits per heavy atom. The number of hydrogen-bond donors (Lipinski definition) is 0. The first-order valence-electron chi connectivity index (χ1n) is 18.5. The van der Waals surface area contributed by atoms with Crippen LogP contribution in [0.3, 0.4) is 0 Å². The van der Waals surface area contributed by atoms with Crippen molar-refractivity contribution in [3.8, 4) is 11.1 Å². The summed E-state index contributed by atoms with van der Waals surface area (Å²) in [4.78, 5) is 13.3. The molecule has 0 N–H and O–H groups in total. The molecule has 0 fully saturated rings. The summed E-state index contributed by atoms with van der Waals surface area (Å²) in [6, 6.07) is 25.4. The molecule has 4 nitrogen and oxygen atoms in total. The average Bonchev–Trinajstić information content (AvgIpc) is 3.79. The molecule has 3 aromatic carbocycles. The van der Waals surface area contributed by atoms with Crippen LogP contribution in [0.25, 0.3) is 49.6 Å². The second-order valence-corrected chi connectivity index (χ2v) is 14.5. The van der Waals surface area contributed by atoms with Crippen molar-refractivity contribution in [3.63, 3.8) is 0 Å². The second kappa shape index (κ2) is 11.0. The summed E-state index contributed by atoms with van der Waals surface area (Å²) in [6.07, 6.45) is 31.2. The fraction of sp³-hybridized carbons (Fsp3) is 0.217. The number of allylic oxidation sites excluding steroid dienone is 12. The lowest BCUT2D eigenvalue weighted by atomic mass is 9.72. The van der Waals surface area contributed by atoms with E-state index in [2.05, 4.69) is 137 Å². The Bertz CT molecular complexity index is 2530. The monoisotopic (exact) mass is 646 g/mol. The van der Waals surface area contributed by atoms with Crippen LogP contribution in [0.2, 0.25) is 0 Å². The standard InChI is InChI=1S/C46H38N4/c1-2-12-32(13-3-1)49-42-21-11-9-19-40(42)47-45(49)30-24-22-29(23-25-30)31-26-27-35-36-16-8-10-20-41(36)50-44-38-18-7-5-15-34(38)33-14-4-6-17-37(33)43(44)48-46(50)39(35)28-31/h4,6,8-12,15-28,33,40,42H,1-3,5,7,13-14H2. The molecule has 5 aromatic rings. The van der Waals surface area contributed by atoms with Crippen LogP contribution < -0.4 is 0 Å². The van der Waals surface area contributed by atoms with Crippen LogP contribution in [0.1, 0.15) is 61.9 Å². The van der Waals surface area contributed by atoms with Crippen molar-refractivity contribution in [1.29, 1.82) is 0 Å². The topological polar surface area (TPSA) is 32.9 Å². The SMILES string of the molecule is C1=CCC2C3=CCCC=C3c3c(nc4c5cc(-c6ccc(C7=NC8C=CC=CC8N7C7=CCCCC7)cc6)ccc5c5ccccc5n34)C2=C1. The molecule has 0 amide bonds. The second-order valence-electron chi connectivity index (χ2n) is 14.5. The van der Waals surface area contributed by atoms with Crippen LogP contribution in [-0.2, 0) is 0 Å². The number of amidine groups is 1. The van der Waals surface area contributed by atoms with Crippen molar-refractivity contribution in [3.05, 3.63) is 156 Å². The number of nitrogens with zero attached hydrogens (tertiary/aromatic N) is 4. The smallest absolute Gasteiger partial charge is 0.146 e. The van der Waals surface area contributed by atoms with Crippen LogP contribution in [-0.4, -0.2) is 32.2 Å². The molecule has 4 heteroatoms. The van der Waals surface area contributed by atoms with Gasteiger partial charge in [0.15, 0.2) is 0 Å². The molecule has 6 aliphatic rings. The molecule has 50 heavy (non-hydrogen) atoms. The number of aliphatic imine (C=N–C) groups is 1. The Balaban J connectivity index is 1.06. The van der Waals surface area contributed by atoms with Crippen molar-refractivity contribution in [1.82, 2.24) is 14.3 Å². The average molecular weight is 647 g/mol. The molecule has 3 unspecified atom stereocenters. The quantitative estimate of drug-likeness (QED) is 0.183. The molecule has 2 aromatic heterocycles. The van der Waals surface area contributed by atoms with Gasteiger partial charge in [-0.1, -0.05) is 115 Å². The zero-order valence-electron chi connectivity index (χ0n) is 28.1. The maximum absolute atomic E-state index is 5.55. The third-order valence-corrected chi connectivity index (χ3v) is 11.8. The van der Waals surface area contributed by atoms with Gasteiger partial charge in [0.25, 0.3) is 0 Å². The van der Waals surface area contributed by atoms with E-state index < -0.39 is 0 Å². The lowest BCUT2D eigenvalue weighted by Crippen LogP contribution is -2.38. The molecule has 3 atom stereocenters. The van der Waals surface area contributed by atoms with Gasteiger partial charge in [0, 0.05) is 33.5 Å². The maximum atomic E-state index is 5.55. The van der Waals surface area contributed by atoms with Gasteiger partial charge < -0.3 is 4.90 Å². The van der Waals surface area contributed by atoms with Gasteiger partial charge in [-0.05, 0) is 84.7 Å². The molecule has 242 valence electrons. The Labute approximate surface area is 292 Å². The predicted molar refractivity (Wildman–Crippen MR) is 207 cm³/mol. The lowest BCUT2D eigenvalue weighted by molar-refractivity contribution is 0.414. The van der Waals surface area contributed by atoms with E-state index in [9.17, 15) is 0 Å². The normalized spacial score (nSPS) is 23.6. The van der Waals surface area contributed by atoms with Crippen LogP contribution in [0.4, 0.5) is 0 Å². The zero-order chi connectivity index (χ0) is 32.8. The zero-order valence-corrected chi connectivity index (χ0v) is 28.1. The van der Waals surface area contributed by atoms with Gasteiger partial charge in [-0.15, -0.1) is 0 Å². The highest BCUT2D eigenvalue weighted by Crippen LogP contribution is 2.51. The van der Waals surface area contributed by atoms with E-state index in [0.29, 0.717) is 5.92 Å². The van der Waals surface area contributed by atoms with E-state index in [1.165, 1.54) is 79.3 Å². The predicted octanol–water partition coefficient (Wildman–Crippen LogP) is 10.8. The number of para-hydroxylation sites is 1. The Morgan fingerprint density at radius 3 is 2.48 bits per heavy atom. The number of fused-ring (bicyclic) bond motifs is 14. The number of hydrogen-bond acceptors (Lipinski definition) is 3.